The van der Waals surface area contributed by atoms with Gasteiger partial charge in [0.1, 0.15) is 23.9 Å². The van der Waals surface area contributed by atoms with Gasteiger partial charge in [-0.15, -0.1) is 0 Å². The topological polar surface area (TPSA) is 55.8 Å². The number of carbonyl (C=O) groups excluding carboxylic acids is 1. The van der Waals surface area contributed by atoms with Gasteiger partial charge in [0.15, 0.2) is 5.76 Å². The molecule has 4 heteroatoms. The number of para-hydroxylation sites is 1. The molecule has 0 radical (unpaired) electrons. The minimum absolute atomic E-state index is 0.0712. The number of Topliss-reactive ketones (excluding diaryl/α,β-unsaturated/α-hetero) is 1. The molecule has 2 aromatic carbocycles. The Balaban J connectivity index is 1.68. The molecule has 0 spiro atoms. The summed E-state index contributed by atoms with van der Waals surface area (Å²) < 4.78 is 11.2. The average molecular weight is 292 g/mol. The van der Waals surface area contributed by atoms with E-state index in [0.717, 1.165) is 16.9 Å². The Labute approximate surface area is 126 Å². The summed E-state index contributed by atoms with van der Waals surface area (Å²) in [5.41, 5.74) is 2.29. The maximum Gasteiger partial charge on any atom is 0.231 e. The van der Waals surface area contributed by atoms with Crippen LogP contribution in [0.1, 0.15) is 15.9 Å². The molecule has 1 N–H and O–H groups in total. The Morgan fingerprint density at radius 2 is 1.95 bits per heavy atom. The summed E-state index contributed by atoms with van der Waals surface area (Å²) in [7, 11) is 0. The van der Waals surface area contributed by atoms with Crippen LogP contribution in [0.2, 0.25) is 0 Å². The van der Waals surface area contributed by atoms with Crippen LogP contribution in [0, 0.1) is 0 Å². The van der Waals surface area contributed by atoms with Crippen molar-refractivity contribution in [3.63, 3.8) is 0 Å². The Hall–Kier alpha value is -3.01. The SMILES string of the molecule is O=C1/C(=C\C2=Cc3ccccc3OC2)Oc2cc(O)ccc21. The molecule has 0 aliphatic carbocycles. The average Bonchev–Trinajstić information content (AvgIpc) is 2.82. The predicted octanol–water partition coefficient (Wildman–Crippen LogP) is 3.33. The number of benzene rings is 2. The van der Waals surface area contributed by atoms with Crippen molar-refractivity contribution in [2.24, 2.45) is 0 Å². The highest BCUT2D eigenvalue weighted by Crippen LogP contribution is 2.35. The molecule has 4 nitrogen and oxygen atoms in total. The summed E-state index contributed by atoms with van der Waals surface area (Å²) in [6, 6.07) is 12.2. The van der Waals surface area contributed by atoms with Gasteiger partial charge in [0, 0.05) is 11.6 Å². The summed E-state index contributed by atoms with van der Waals surface area (Å²) in [6.07, 6.45) is 3.66. The molecule has 22 heavy (non-hydrogen) atoms. The summed E-state index contributed by atoms with van der Waals surface area (Å²) in [5.74, 6) is 1.34. The van der Waals surface area contributed by atoms with Crippen LogP contribution in [0.5, 0.6) is 17.2 Å². The maximum absolute atomic E-state index is 12.3. The van der Waals surface area contributed by atoms with E-state index in [-0.39, 0.29) is 17.3 Å². The van der Waals surface area contributed by atoms with Gasteiger partial charge in [-0.05, 0) is 35.9 Å². The van der Waals surface area contributed by atoms with Crippen molar-refractivity contribution in [2.75, 3.05) is 6.61 Å². The number of aromatic hydroxyl groups is 1. The van der Waals surface area contributed by atoms with Crippen molar-refractivity contribution < 1.29 is 19.4 Å². The lowest BCUT2D eigenvalue weighted by Crippen LogP contribution is -2.08. The first-order chi connectivity index (χ1) is 10.7. The number of hydrogen-bond acceptors (Lipinski definition) is 4. The van der Waals surface area contributed by atoms with E-state index >= 15 is 0 Å². The highest BCUT2D eigenvalue weighted by molar-refractivity contribution is 6.12. The minimum Gasteiger partial charge on any atom is -0.508 e. The zero-order valence-electron chi connectivity index (χ0n) is 11.6. The van der Waals surface area contributed by atoms with E-state index < -0.39 is 0 Å². The molecule has 108 valence electrons. The van der Waals surface area contributed by atoms with Crippen LogP contribution in [-0.4, -0.2) is 17.5 Å². The van der Waals surface area contributed by atoms with E-state index in [4.69, 9.17) is 9.47 Å². The van der Waals surface area contributed by atoms with Crippen LogP contribution < -0.4 is 9.47 Å². The number of phenols is 1. The molecule has 2 aliphatic heterocycles. The Morgan fingerprint density at radius 1 is 1.09 bits per heavy atom. The number of phenolic OH excluding ortho intramolecular Hbond substituents is 1. The maximum atomic E-state index is 12.3. The summed E-state index contributed by atoms with van der Waals surface area (Å²) in [4.78, 5) is 12.3. The summed E-state index contributed by atoms with van der Waals surface area (Å²) in [5, 5.41) is 9.46. The van der Waals surface area contributed by atoms with Gasteiger partial charge in [0.25, 0.3) is 0 Å². The number of hydrogen-bond donors (Lipinski definition) is 1. The van der Waals surface area contributed by atoms with Crippen LogP contribution in [0.4, 0.5) is 0 Å². The molecule has 0 saturated heterocycles. The molecule has 0 atom stereocenters. The van der Waals surface area contributed by atoms with E-state index in [2.05, 4.69) is 0 Å². The lowest BCUT2D eigenvalue weighted by atomic mass is 10.1. The summed E-state index contributed by atoms with van der Waals surface area (Å²) >= 11 is 0. The van der Waals surface area contributed by atoms with Gasteiger partial charge in [-0.3, -0.25) is 4.79 Å². The van der Waals surface area contributed by atoms with Gasteiger partial charge < -0.3 is 14.6 Å². The standard InChI is InChI=1S/C18H12O4/c19-13-5-6-14-16(9-13)22-17(18(14)20)8-11-7-12-3-1-2-4-15(12)21-10-11/h1-9,19H,10H2/b17-8+. The molecule has 0 bridgehead atoms. The first kappa shape index (κ1) is 12.7. The molecule has 0 saturated carbocycles. The molecule has 2 aliphatic rings. The first-order valence-corrected chi connectivity index (χ1v) is 6.90. The smallest absolute Gasteiger partial charge is 0.231 e. The van der Waals surface area contributed by atoms with Crippen LogP contribution in [0.25, 0.3) is 6.08 Å². The largest absolute Gasteiger partial charge is 0.508 e. The Kier molecular flexibility index (Phi) is 2.76. The van der Waals surface area contributed by atoms with E-state index in [9.17, 15) is 9.90 Å². The lowest BCUT2D eigenvalue weighted by molar-refractivity contribution is 0.101. The van der Waals surface area contributed by atoms with E-state index in [0.29, 0.717) is 17.9 Å². The van der Waals surface area contributed by atoms with E-state index in [1.807, 2.05) is 30.3 Å². The molecule has 2 heterocycles. The van der Waals surface area contributed by atoms with E-state index in [1.165, 1.54) is 12.1 Å². The second kappa shape index (κ2) is 4.77. The molecule has 0 unspecified atom stereocenters. The minimum atomic E-state index is -0.185. The number of fused-ring (bicyclic) bond motifs is 2. The highest BCUT2D eigenvalue weighted by atomic mass is 16.5. The zero-order valence-corrected chi connectivity index (χ0v) is 11.6. The van der Waals surface area contributed by atoms with Gasteiger partial charge in [-0.1, -0.05) is 18.2 Å². The molecular weight excluding hydrogens is 280 g/mol. The molecule has 0 amide bonds. The third kappa shape index (κ3) is 2.05. The second-order valence-electron chi connectivity index (χ2n) is 5.17. The monoisotopic (exact) mass is 292 g/mol. The van der Waals surface area contributed by atoms with Gasteiger partial charge >= 0.3 is 0 Å². The van der Waals surface area contributed by atoms with Crippen molar-refractivity contribution in [1.82, 2.24) is 0 Å². The number of rotatable bonds is 1. The van der Waals surface area contributed by atoms with Gasteiger partial charge in [0.2, 0.25) is 5.78 Å². The quantitative estimate of drug-likeness (QED) is 0.819. The van der Waals surface area contributed by atoms with Crippen molar-refractivity contribution in [3.8, 4) is 17.2 Å². The van der Waals surface area contributed by atoms with Crippen molar-refractivity contribution in [3.05, 3.63) is 71.0 Å². The van der Waals surface area contributed by atoms with Crippen molar-refractivity contribution in [2.45, 2.75) is 0 Å². The van der Waals surface area contributed by atoms with Crippen molar-refractivity contribution in [1.29, 1.82) is 0 Å². The number of carbonyl (C=O) groups is 1. The van der Waals surface area contributed by atoms with Crippen LogP contribution in [0.15, 0.2) is 59.9 Å². The van der Waals surface area contributed by atoms with Gasteiger partial charge in [-0.25, -0.2) is 0 Å². The highest BCUT2D eigenvalue weighted by Gasteiger charge is 2.28. The van der Waals surface area contributed by atoms with Crippen molar-refractivity contribution >= 4 is 11.9 Å². The molecule has 4 rings (SSSR count). The second-order valence-corrected chi connectivity index (χ2v) is 5.17. The molecule has 0 aromatic heterocycles. The number of ketones is 1. The molecular formula is C18H12O4. The Bertz CT molecular complexity index is 846. The molecule has 0 fully saturated rings. The Morgan fingerprint density at radius 3 is 2.86 bits per heavy atom. The third-order valence-corrected chi connectivity index (χ3v) is 3.62. The first-order valence-electron chi connectivity index (χ1n) is 6.90. The van der Waals surface area contributed by atoms with Gasteiger partial charge in [0.05, 0.1) is 5.56 Å². The van der Waals surface area contributed by atoms with E-state index in [1.54, 1.807) is 12.1 Å². The predicted molar refractivity (Wildman–Crippen MR) is 81.1 cm³/mol. The van der Waals surface area contributed by atoms with Crippen LogP contribution >= 0.6 is 0 Å². The summed E-state index contributed by atoms with van der Waals surface area (Å²) in [6.45, 7) is 0.388. The number of allylic oxidation sites excluding steroid dienone is 1. The zero-order chi connectivity index (χ0) is 15.1. The van der Waals surface area contributed by atoms with Gasteiger partial charge in [-0.2, -0.15) is 0 Å². The molecule has 2 aromatic rings. The fraction of sp³-hybridized carbons (Fsp3) is 0.0556. The fourth-order valence-electron chi connectivity index (χ4n) is 2.56. The number of ether oxygens (including phenoxy) is 2. The third-order valence-electron chi connectivity index (χ3n) is 3.62. The van der Waals surface area contributed by atoms with Crippen LogP contribution in [0.3, 0.4) is 0 Å². The van der Waals surface area contributed by atoms with Crippen LogP contribution in [-0.2, 0) is 0 Å². The lowest BCUT2D eigenvalue weighted by Gasteiger charge is -2.15. The normalized spacial score (nSPS) is 17.4. The fourth-order valence-corrected chi connectivity index (χ4v) is 2.56.